The quantitative estimate of drug-likeness (QED) is 0.686. The number of thioether (sulfide) groups is 1. The first-order chi connectivity index (χ1) is 9.11. The van der Waals surface area contributed by atoms with E-state index in [1.54, 1.807) is 18.2 Å². The molecule has 0 radical (unpaired) electrons. The lowest BCUT2D eigenvalue weighted by molar-refractivity contribution is 0.613. The second-order valence-electron chi connectivity index (χ2n) is 3.86. The van der Waals surface area contributed by atoms with Crippen molar-refractivity contribution >= 4 is 17.4 Å². The first-order valence-electron chi connectivity index (χ1n) is 5.47. The lowest BCUT2D eigenvalue weighted by Gasteiger charge is -2.07. The molecule has 96 valence electrons. The molecule has 2 aromatic rings. The van der Waals surface area contributed by atoms with Gasteiger partial charge in [0.2, 0.25) is 0 Å². The van der Waals surface area contributed by atoms with E-state index < -0.39 is 5.82 Å². The molecule has 2 rings (SSSR count). The van der Waals surface area contributed by atoms with Crippen molar-refractivity contribution in [3.63, 3.8) is 0 Å². The van der Waals surface area contributed by atoms with Gasteiger partial charge in [0, 0.05) is 16.3 Å². The van der Waals surface area contributed by atoms with Crippen LogP contribution in [0.25, 0.3) is 0 Å². The SMILES string of the molecule is N#Cc1cccc(CSc2cc(F)ccc2N)c1F. The fourth-order valence-corrected chi connectivity index (χ4v) is 2.53. The van der Waals surface area contributed by atoms with Crippen molar-refractivity contribution in [1.82, 2.24) is 0 Å². The minimum Gasteiger partial charge on any atom is -0.398 e. The third-order valence-corrected chi connectivity index (χ3v) is 3.68. The van der Waals surface area contributed by atoms with Gasteiger partial charge in [-0.1, -0.05) is 12.1 Å². The van der Waals surface area contributed by atoms with E-state index in [1.165, 1.54) is 36.0 Å². The van der Waals surface area contributed by atoms with E-state index >= 15 is 0 Å². The summed E-state index contributed by atoms with van der Waals surface area (Å²) in [6, 6.07) is 10.5. The molecule has 0 aliphatic rings. The van der Waals surface area contributed by atoms with Crippen LogP contribution in [0.4, 0.5) is 14.5 Å². The predicted molar refractivity (Wildman–Crippen MR) is 71.5 cm³/mol. The molecule has 0 spiro atoms. The zero-order valence-electron chi connectivity index (χ0n) is 9.86. The Hall–Kier alpha value is -2.06. The van der Waals surface area contributed by atoms with E-state index in [4.69, 9.17) is 11.0 Å². The van der Waals surface area contributed by atoms with Crippen molar-refractivity contribution < 1.29 is 8.78 Å². The summed E-state index contributed by atoms with van der Waals surface area (Å²) in [5.74, 6) is -0.634. The highest BCUT2D eigenvalue weighted by Gasteiger charge is 2.09. The van der Waals surface area contributed by atoms with Gasteiger partial charge in [-0.25, -0.2) is 8.78 Å². The van der Waals surface area contributed by atoms with Crippen molar-refractivity contribution in [2.75, 3.05) is 5.73 Å². The van der Waals surface area contributed by atoms with E-state index in [1.807, 2.05) is 0 Å². The van der Waals surface area contributed by atoms with Crippen LogP contribution in [0.2, 0.25) is 0 Å². The summed E-state index contributed by atoms with van der Waals surface area (Å²) in [4.78, 5) is 0.557. The lowest BCUT2D eigenvalue weighted by atomic mass is 10.1. The average molecular weight is 276 g/mol. The molecule has 0 fully saturated rings. The van der Waals surface area contributed by atoms with Gasteiger partial charge in [-0.05, 0) is 29.8 Å². The molecule has 0 saturated heterocycles. The molecule has 0 amide bonds. The molecule has 0 atom stereocenters. The third kappa shape index (κ3) is 3.04. The minimum absolute atomic E-state index is 0.00492. The number of nitrogen functional groups attached to an aromatic ring is 1. The van der Waals surface area contributed by atoms with Gasteiger partial charge in [-0.3, -0.25) is 0 Å². The number of nitrogens with zero attached hydrogens (tertiary/aromatic N) is 1. The van der Waals surface area contributed by atoms with Crippen molar-refractivity contribution in [2.45, 2.75) is 10.6 Å². The number of halogens is 2. The average Bonchev–Trinajstić information content (AvgIpc) is 2.41. The van der Waals surface area contributed by atoms with Gasteiger partial charge in [-0.2, -0.15) is 5.26 Å². The second kappa shape index (κ2) is 5.72. The number of benzene rings is 2. The Morgan fingerprint density at radius 2 is 2.00 bits per heavy atom. The number of anilines is 1. The van der Waals surface area contributed by atoms with Gasteiger partial charge >= 0.3 is 0 Å². The van der Waals surface area contributed by atoms with Crippen molar-refractivity contribution in [2.24, 2.45) is 0 Å². The fraction of sp³-hybridized carbons (Fsp3) is 0.0714. The molecule has 0 aliphatic heterocycles. The highest BCUT2D eigenvalue weighted by Crippen LogP contribution is 2.29. The summed E-state index contributed by atoms with van der Waals surface area (Å²) < 4.78 is 26.9. The number of hydrogen-bond donors (Lipinski definition) is 1. The number of nitrogens with two attached hydrogens (primary N) is 1. The normalized spacial score (nSPS) is 10.2. The molecule has 0 aliphatic carbocycles. The van der Waals surface area contributed by atoms with Crippen molar-refractivity contribution in [3.05, 3.63) is 59.2 Å². The maximum Gasteiger partial charge on any atom is 0.144 e. The van der Waals surface area contributed by atoms with Crippen LogP contribution >= 0.6 is 11.8 Å². The smallest absolute Gasteiger partial charge is 0.144 e. The number of hydrogen-bond acceptors (Lipinski definition) is 3. The molecule has 5 heteroatoms. The standard InChI is InChI=1S/C14H10F2N2S/c15-11-4-5-12(18)13(6-11)19-8-10-3-1-2-9(7-17)14(10)16/h1-6H,8,18H2. The van der Waals surface area contributed by atoms with E-state index in [0.717, 1.165) is 0 Å². The summed E-state index contributed by atoms with van der Waals surface area (Å²) in [6.07, 6.45) is 0. The zero-order valence-corrected chi connectivity index (χ0v) is 10.7. The van der Waals surface area contributed by atoms with Gasteiger partial charge in [0.1, 0.15) is 17.7 Å². The van der Waals surface area contributed by atoms with Crippen LogP contribution in [0, 0.1) is 23.0 Å². The van der Waals surface area contributed by atoms with E-state index in [9.17, 15) is 8.78 Å². The van der Waals surface area contributed by atoms with Crippen LogP contribution in [-0.2, 0) is 5.75 Å². The highest BCUT2D eigenvalue weighted by molar-refractivity contribution is 7.98. The van der Waals surface area contributed by atoms with Crippen LogP contribution in [-0.4, -0.2) is 0 Å². The maximum atomic E-state index is 13.8. The van der Waals surface area contributed by atoms with E-state index in [2.05, 4.69) is 0 Å². The topological polar surface area (TPSA) is 49.8 Å². The molecule has 0 unspecified atom stereocenters. The fourth-order valence-electron chi connectivity index (χ4n) is 1.57. The molecule has 0 bridgehead atoms. The van der Waals surface area contributed by atoms with Crippen molar-refractivity contribution in [3.8, 4) is 6.07 Å². The molecule has 2 nitrogen and oxygen atoms in total. The van der Waals surface area contributed by atoms with Crippen molar-refractivity contribution in [1.29, 1.82) is 5.26 Å². The largest absolute Gasteiger partial charge is 0.398 e. The first kappa shape index (κ1) is 13.4. The summed E-state index contributed by atoms with van der Waals surface area (Å²) in [6.45, 7) is 0. The summed E-state index contributed by atoms with van der Waals surface area (Å²) in [5, 5.41) is 8.74. The third-order valence-electron chi connectivity index (χ3n) is 2.56. The van der Waals surface area contributed by atoms with Crippen LogP contribution < -0.4 is 5.73 Å². The van der Waals surface area contributed by atoms with Gasteiger partial charge in [0.15, 0.2) is 0 Å². The number of nitriles is 1. The minimum atomic E-state index is -0.535. The second-order valence-corrected chi connectivity index (χ2v) is 4.88. The molecule has 0 heterocycles. The van der Waals surface area contributed by atoms with Crippen LogP contribution in [0.15, 0.2) is 41.3 Å². The monoisotopic (exact) mass is 276 g/mol. The molecule has 0 aromatic heterocycles. The molecule has 0 saturated carbocycles. The Balaban J connectivity index is 2.20. The molecular weight excluding hydrogens is 266 g/mol. The molecule has 2 N–H and O–H groups in total. The lowest BCUT2D eigenvalue weighted by Crippen LogP contribution is -1.94. The Morgan fingerprint density at radius 1 is 1.21 bits per heavy atom. The van der Waals surface area contributed by atoms with Gasteiger partial charge in [-0.15, -0.1) is 11.8 Å². The predicted octanol–water partition coefficient (Wildman–Crippen LogP) is 3.71. The van der Waals surface area contributed by atoms with Crippen LogP contribution in [0.3, 0.4) is 0 Å². The summed E-state index contributed by atoms with van der Waals surface area (Å²) >= 11 is 1.23. The first-order valence-corrected chi connectivity index (χ1v) is 6.45. The van der Waals surface area contributed by atoms with Crippen LogP contribution in [0.5, 0.6) is 0 Å². The Morgan fingerprint density at radius 3 is 2.74 bits per heavy atom. The van der Waals surface area contributed by atoms with Gasteiger partial charge in [0.05, 0.1) is 5.56 Å². The molecule has 19 heavy (non-hydrogen) atoms. The summed E-state index contributed by atoms with van der Waals surface area (Å²) in [5.41, 5.74) is 6.56. The zero-order chi connectivity index (χ0) is 13.8. The van der Waals surface area contributed by atoms with Gasteiger partial charge < -0.3 is 5.73 Å². The molecule has 2 aromatic carbocycles. The number of rotatable bonds is 3. The highest BCUT2D eigenvalue weighted by atomic mass is 32.2. The van der Waals surface area contributed by atoms with E-state index in [-0.39, 0.29) is 17.1 Å². The Kier molecular flexibility index (Phi) is 4.03. The van der Waals surface area contributed by atoms with E-state index in [0.29, 0.717) is 16.1 Å². The molecular formula is C14H10F2N2S. The van der Waals surface area contributed by atoms with Gasteiger partial charge in [0.25, 0.3) is 0 Å². The summed E-state index contributed by atoms with van der Waals surface area (Å²) in [7, 11) is 0. The Labute approximate surface area is 113 Å². The van der Waals surface area contributed by atoms with Crippen LogP contribution in [0.1, 0.15) is 11.1 Å². The maximum absolute atomic E-state index is 13.8. The Bertz CT molecular complexity index is 650.